The van der Waals surface area contributed by atoms with Gasteiger partial charge in [0.15, 0.2) is 0 Å². The Kier molecular flexibility index (Phi) is 4.88. The fraction of sp³-hybridized carbons (Fsp3) is 0.450. The van der Waals surface area contributed by atoms with Gasteiger partial charge in [-0.25, -0.2) is 9.97 Å². The third-order valence-electron chi connectivity index (χ3n) is 4.41. The lowest BCUT2D eigenvalue weighted by Gasteiger charge is -2.17. The molecule has 26 heavy (non-hydrogen) atoms. The van der Waals surface area contributed by atoms with Crippen LogP contribution in [0, 0.1) is 6.92 Å². The third kappa shape index (κ3) is 3.38. The summed E-state index contributed by atoms with van der Waals surface area (Å²) in [5.41, 5.74) is 2.83. The van der Waals surface area contributed by atoms with E-state index in [1.807, 2.05) is 32.2 Å². The first-order valence-corrected chi connectivity index (χ1v) is 9.71. The number of carbonyl (C=O) groups is 1. The van der Waals surface area contributed by atoms with Gasteiger partial charge in [-0.1, -0.05) is 32.9 Å². The lowest BCUT2D eigenvalue weighted by atomic mass is 9.98. The van der Waals surface area contributed by atoms with Crippen molar-refractivity contribution in [2.45, 2.75) is 53.1 Å². The van der Waals surface area contributed by atoms with Crippen molar-refractivity contribution in [1.29, 1.82) is 0 Å². The van der Waals surface area contributed by atoms with Crippen LogP contribution in [0.2, 0.25) is 0 Å². The number of rotatable bonds is 4. The van der Waals surface area contributed by atoms with Crippen molar-refractivity contribution >= 4 is 28.3 Å². The first-order chi connectivity index (χ1) is 12.2. The summed E-state index contributed by atoms with van der Waals surface area (Å²) >= 11 is 1.50. The molecule has 2 heterocycles. The SMILES string of the molecule is CCn1c(CN(C)C(=O)c2sc(C(C)(C)C)nc2C)nc2ccccc21. The van der Waals surface area contributed by atoms with Crippen LogP contribution >= 0.6 is 11.3 Å². The number of carbonyl (C=O) groups excluding carboxylic acids is 1. The maximum atomic E-state index is 13.0. The van der Waals surface area contributed by atoms with Gasteiger partial charge in [-0.2, -0.15) is 0 Å². The Morgan fingerprint density at radius 3 is 2.54 bits per heavy atom. The molecule has 0 aliphatic carbocycles. The minimum absolute atomic E-state index is 0.00482. The molecule has 0 aliphatic heterocycles. The second-order valence-electron chi connectivity index (χ2n) is 7.61. The maximum Gasteiger partial charge on any atom is 0.266 e. The molecule has 3 aromatic rings. The van der Waals surface area contributed by atoms with Gasteiger partial charge in [-0.15, -0.1) is 11.3 Å². The average Bonchev–Trinajstić information content (AvgIpc) is 3.13. The topological polar surface area (TPSA) is 51.0 Å². The molecule has 0 N–H and O–H groups in total. The molecule has 1 aromatic carbocycles. The van der Waals surface area contributed by atoms with Gasteiger partial charge in [0.2, 0.25) is 0 Å². The number of fused-ring (bicyclic) bond motifs is 1. The van der Waals surface area contributed by atoms with E-state index < -0.39 is 0 Å². The standard InChI is InChI=1S/C20H26N4OS/c1-7-24-15-11-9-8-10-14(15)22-16(24)12-23(6)18(25)17-13(2)21-19(26-17)20(3,4)5/h8-11H,7,12H2,1-6H3. The third-order valence-corrected chi connectivity index (χ3v) is 5.98. The van der Waals surface area contributed by atoms with E-state index in [1.54, 1.807) is 4.90 Å². The fourth-order valence-corrected chi connectivity index (χ4v) is 4.09. The van der Waals surface area contributed by atoms with Crippen molar-refractivity contribution < 1.29 is 4.79 Å². The molecule has 0 saturated carbocycles. The van der Waals surface area contributed by atoms with Gasteiger partial charge in [0.25, 0.3) is 5.91 Å². The molecular weight excluding hydrogens is 344 g/mol. The zero-order chi connectivity index (χ0) is 19.1. The second kappa shape index (κ2) is 6.83. The highest BCUT2D eigenvalue weighted by Crippen LogP contribution is 2.30. The predicted molar refractivity (Wildman–Crippen MR) is 107 cm³/mol. The first kappa shape index (κ1) is 18.6. The summed E-state index contributed by atoms with van der Waals surface area (Å²) in [6.45, 7) is 11.7. The molecule has 0 unspecified atom stereocenters. The van der Waals surface area contributed by atoms with Gasteiger partial charge in [0, 0.05) is 19.0 Å². The van der Waals surface area contributed by atoms with Crippen LogP contribution < -0.4 is 0 Å². The molecule has 1 amide bonds. The van der Waals surface area contributed by atoms with Gasteiger partial charge in [0.1, 0.15) is 10.7 Å². The number of aryl methyl sites for hydroxylation is 2. The Balaban J connectivity index is 1.88. The molecule has 138 valence electrons. The quantitative estimate of drug-likeness (QED) is 0.684. The Hall–Kier alpha value is -2.21. The van der Waals surface area contributed by atoms with Crippen molar-refractivity contribution in [2.75, 3.05) is 7.05 Å². The van der Waals surface area contributed by atoms with E-state index in [4.69, 9.17) is 4.98 Å². The Morgan fingerprint density at radius 2 is 1.92 bits per heavy atom. The number of thiazole rings is 1. The molecule has 0 fully saturated rings. The van der Waals surface area contributed by atoms with Gasteiger partial charge in [-0.3, -0.25) is 4.79 Å². The van der Waals surface area contributed by atoms with Crippen LogP contribution in [0.3, 0.4) is 0 Å². The van der Waals surface area contributed by atoms with Crippen molar-refractivity contribution in [3.05, 3.63) is 45.7 Å². The van der Waals surface area contributed by atoms with Crippen LogP contribution in [0.15, 0.2) is 24.3 Å². The lowest BCUT2D eigenvalue weighted by Crippen LogP contribution is -2.27. The smallest absolute Gasteiger partial charge is 0.266 e. The van der Waals surface area contributed by atoms with Crippen LogP contribution in [0.25, 0.3) is 11.0 Å². The van der Waals surface area contributed by atoms with Crippen molar-refractivity contribution in [3.63, 3.8) is 0 Å². The van der Waals surface area contributed by atoms with E-state index in [-0.39, 0.29) is 11.3 Å². The van der Waals surface area contributed by atoms with E-state index >= 15 is 0 Å². The summed E-state index contributed by atoms with van der Waals surface area (Å²) in [5.74, 6) is 0.910. The largest absolute Gasteiger partial charge is 0.333 e. The van der Waals surface area contributed by atoms with Crippen LogP contribution in [-0.2, 0) is 18.5 Å². The second-order valence-corrected chi connectivity index (χ2v) is 8.60. The van der Waals surface area contributed by atoms with Crippen LogP contribution in [0.4, 0.5) is 0 Å². The van der Waals surface area contributed by atoms with Crippen molar-refractivity contribution in [3.8, 4) is 0 Å². The highest BCUT2D eigenvalue weighted by molar-refractivity contribution is 7.14. The Bertz CT molecular complexity index is 949. The zero-order valence-electron chi connectivity index (χ0n) is 16.3. The molecule has 5 nitrogen and oxygen atoms in total. The summed E-state index contributed by atoms with van der Waals surface area (Å²) in [6, 6.07) is 8.09. The summed E-state index contributed by atoms with van der Waals surface area (Å²) in [6.07, 6.45) is 0. The molecular formula is C20H26N4OS. The van der Waals surface area contributed by atoms with E-state index in [1.165, 1.54) is 11.3 Å². The number of imidazole rings is 1. The van der Waals surface area contributed by atoms with Crippen LogP contribution in [0.5, 0.6) is 0 Å². The summed E-state index contributed by atoms with van der Waals surface area (Å²) in [5, 5.41) is 0.993. The van der Waals surface area contributed by atoms with Crippen molar-refractivity contribution in [1.82, 2.24) is 19.4 Å². The zero-order valence-corrected chi connectivity index (χ0v) is 17.1. The van der Waals surface area contributed by atoms with E-state index in [9.17, 15) is 4.79 Å². The normalized spacial score (nSPS) is 11.9. The maximum absolute atomic E-state index is 13.0. The van der Waals surface area contributed by atoms with Crippen molar-refractivity contribution in [2.24, 2.45) is 0 Å². The monoisotopic (exact) mass is 370 g/mol. The van der Waals surface area contributed by atoms with E-state index in [2.05, 4.69) is 43.3 Å². The number of para-hydroxylation sites is 2. The fourth-order valence-electron chi connectivity index (χ4n) is 2.97. The van der Waals surface area contributed by atoms with E-state index in [0.717, 1.165) is 39.0 Å². The number of hydrogen-bond donors (Lipinski definition) is 0. The molecule has 6 heteroatoms. The van der Waals surface area contributed by atoms with Gasteiger partial charge < -0.3 is 9.47 Å². The van der Waals surface area contributed by atoms with Gasteiger partial charge in [0.05, 0.1) is 28.3 Å². The summed E-state index contributed by atoms with van der Waals surface area (Å²) in [7, 11) is 1.83. The molecule has 0 radical (unpaired) electrons. The highest BCUT2D eigenvalue weighted by Gasteiger charge is 2.25. The molecule has 0 bridgehead atoms. The van der Waals surface area contributed by atoms with Gasteiger partial charge >= 0.3 is 0 Å². The molecule has 3 rings (SSSR count). The van der Waals surface area contributed by atoms with Crippen LogP contribution in [-0.4, -0.2) is 32.4 Å². The first-order valence-electron chi connectivity index (χ1n) is 8.90. The lowest BCUT2D eigenvalue weighted by molar-refractivity contribution is 0.0784. The Morgan fingerprint density at radius 1 is 1.23 bits per heavy atom. The summed E-state index contributed by atoms with van der Waals surface area (Å²) < 4.78 is 2.17. The minimum Gasteiger partial charge on any atom is -0.333 e. The highest BCUT2D eigenvalue weighted by atomic mass is 32.1. The number of amides is 1. The minimum atomic E-state index is -0.0529. The molecule has 0 saturated heterocycles. The van der Waals surface area contributed by atoms with E-state index in [0.29, 0.717) is 6.54 Å². The number of nitrogens with zero attached hydrogens (tertiary/aromatic N) is 4. The average molecular weight is 371 g/mol. The molecule has 0 aliphatic rings. The van der Waals surface area contributed by atoms with Gasteiger partial charge in [-0.05, 0) is 26.0 Å². The molecule has 0 atom stereocenters. The number of aromatic nitrogens is 3. The summed E-state index contributed by atoms with van der Waals surface area (Å²) in [4.78, 5) is 24.8. The molecule has 0 spiro atoms. The molecule has 2 aromatic heterocycles. The van der Waals surface area contributed by atoms with Crippen LogP contribution in [0.1, 0.15) is 53.9 Å². The predicted octanol–water partition coefficient (Wildman–Crippen LogP) is 4.39. The number of hydrogen-bond acceptors (Lipinski definition) is 4. The Labute approximate surface area is 158 Å². The number of benzene rings is 1.